The summed E-state index contributed by atoms with van der Waals surface area (Å²) in [5, 5.41) is 12.0. The Labute approximate surface area is 126 Å². The van der Waals surface area contributed by atoms with Gasteiger partial charge in [0.1, 0.15) is 0 Å². The van der Waals surface area contributed by atoms with E-state index in [2.05, 4.69) is 14.8 Å². The van der Waals surface area contributed by atoms with Crippen LogP contribution in [0.25, 0.3) is 0 Å². The van der Waals surface area contributed by atoms with Crippen LogP contribution in [0.5, 0.6) is 0 Å². The van der Waals surface area contributed by atoms with Gasteiger partial charge < -0.3 is 10.9 Å². The molecule has 1 saturated heterocycles. The Kier molecular flexibility index (Phi) is 5.42. The van der Waals surface area contributed by atoms with E-state index in [9.17, 15) is 8.42 Å². The van der Waals surface area contributed by atoms with E-state index >= 15 is 0 Å². The summed E-state index contributed by atoms with van der Waals surface area (Å²) in [6.07, 6.45) is 3.58. The monoisotopic (exact) mass is 319 g/mol. The molecule has 1 unspecified atom stereocenters. The van der Waals surface area contributed by atoms with Gasteiger partial charge in [0, 0.05) is 32.2 Å². The van der Waals surface area contributed by atoms with Gasteiger partial charge in [-0.3, -0.25) is 4.90 Å². The zero-order valence-corrected chi connectivity index (χ0v) is 13.2. The molecule has 2 aliphatic rings. The van der Waals surface area contributed by atoms with E-state index in [1.807, 2.05) is 6.92 Å². The van der Waals surface area contributed by atoms with Gasteiger partial charge in [-0.2, -0.15) is 17.4 Å². The first-order valence-corrected chi connectivity index (χ1v) is 8.90. The third-order valence-electron chi connectivity index (χ3n) is 3.97. The molecular formula is C12H25N5O3S. The number of nitrogens with zero attached hydrogens (tertiary/aromatic N) is 3. The molecule has 0 bridgehead atoms. The molecule has 2 fully saturated rings. The maximum Gasteiger partial charge on any atom is 0.279 e. The predicted molar refractivity (Wildman–Crippen MR) is 80.3 cm³/mol. The smallest absolute Gasteiger partial charge is 0.279 e. The second-order valence-corrected chi connectivity index (χ2v) is 7.36. The van der Waals surface area contributed by atoms with Gasteiger partial charge in [-0.15, -0.1) is 0 Å². The molecule has 9 heteroatoms. The number of rotatable bonds is 7. The molecule has 1 atom stereocenters. The van der Waals surface area contributed by atoms with Crippen molar-refractivity contribution in [3.8, 4) is 0 Å². The highest BCUT2D eigenvalue weighted by atomic mass is 32.2. The molecule has 0 aromatic heterocycles. The number of nitrogens with two attached hydrogens (primary N) is 1. The summed E-state index contributed by atoms with van der Waals surface area (Å²) < 4.78 is 28.4. The molecule has 1 aliphatic carbocycles. The van der Waals surface area contributed by atoms with Gasteiger partial charge in [0.05, 0.1) is 6.04 Å². The summed E-state index contributed by atoms with van der Waals surface area (Å²) in [6.45, 7) is 4.08. The maximum atomic E-state index is 12.1. The van der Waals surface area contributed by atoms with Crippen LogP contribution in [0.4, 0.5) is 0 Å². The van der Waals surface area contributed by atoms with Crippen LogP contribution in [-0.4, -0.2) is 66.9 Å². The normalized spacial score (nSPS) is 24.1. The minimum Gasteiger partial charge on any atom is -0.409 e. The molecule has 0 amide bonds. The molecule has 0 spiro atoms. The lowest BCUT2D eigenvalue weighted by atomic mass is 10.1. The second kappa shape index (κ2) is 6.91. The van der Waals surface area contributed by atoms with E-state index in [-0.39, 0.29) is 17.9 Å². The zero-order valence-electron chi connectivity index (χ0n) is 12.4. The van der Waals surface area contributed by atoms with E-state index in [4.69, 9.17) is 10.9 Å². The van der Waals surface area contributed by atoms with Crippen molar-refractivity contribution in [2.24, 2.45) is 10.9 Å². The van der Waals surface area contributed by atoms with Crippen LogP contribution < -0.4 is 10.5 Å². The molecule has 21 heavy (non-hydrogen) atoms. The van der Waals surface area contributed by atoms with Gasteiger partial charge in [-0.05, 0) is 19.3 Å². The third kappa shape index (κ3) is 4.29. The van der Waals surface area contributed by atoms with Crippen LogP contribution in [0.1, 0.15) is 32.6 Å². The summed E-state index contributed by atoms with van der Waals surface area (Å²) in [4.78, 5) is 2.09. The number of hydrogen-bond donors (Lipinski definition) is 3. The van der Waals surface area contributed by atoms with Crippen LogP contribution in [0.15, 0.2) is 5.16 Å². The Balaban J connectivity index is 1.92. The Bertz CT molecular complexity index is 469. The number of amidine groups is 1. The lowest BCUT2D eigenvalue weighted by Crippen LogP contribution is -2.57. The van der Waals surface area contributed by atoms with Gasteiger partial charge in [0.15, 0.2) is 5.84 Å². The van der Waals surface area contributed by atoms with Crippen molar-refractivity contribution < 1.29 is 13.6 Å². The summed E-state index contributed by atoms with van der Waals surface area (Å²) in [6, 6.07) is -0.000665. The fourth-order valence-electron chi connectivity index (χ4n) is 2.60. The lowest BCUT2D eigenvalue weighted by molar-refractivity contribution is 0.157. The zero-order chi connectivity index (χ0) is 15.5. The Morgan fingerprint density at radius 3 is 2.48 bits per heavy atom. The van der Waals surface area contributed by atoms with Crippen molar-refractivity contribution in [2.45, 2.75) is 44.7 Å². The van der Waals surface area contributed by atoms with Crippen molar-refractivity contribution in [3.63, 3.8) is 0 Å². The third-order valence-corrected chi connectivity index (χ3v) is 5.64. The molecule has 4 N–H and O–H groups in total. The first kappa shape index (κ1) is 16.5. The van der Waals surface area contributed by atoms with Crippen LogP contribution in [-0.2, 0) is 10.2 Å². The molecule has 1 aliphatic heterocycles. The number of nitrogens with one attached hydrogen (secondary N) is 1. The van der Waals surface area contributed by atoms with E-state index in [1.54, 1.807) is 0 Å². The van der Waals surface area contributed by atoms with Gasteiger partial charge in [0.25, 0.3) is 10.2 Å². The van der Waals surface area contributed by atoms with Crippen molar-refractivity contribution in [1.29, 1.82) is 0 Å². The molecule has 1 saturated carbocycles. The Morgan fingerprint density at radius 2 is 2.00 bits per heavy atom. The van der Waals surface area contributed by atoms with Crippen molar-refractivity contribution in [3.05, 3.63) is 0 Å². The molecule has 0 aromatic carbocycles. The standard InChI is InChI=1S/C12H25N5O3S/c1-2-3-11(12(13)14-18)16-6-8-17(9-7-16)21(19,20)15-10-4-5-10/h10-11,15,18H,2-9H2,1H3,(H2,13,14). The van der Waals surface area contributed by atoms with Crippen LogP contribution in [0.3, 0.4) is 0 Å². The molecule has 2 rings (SSSR count). The topological polar surface area (TPSA) is 111 Å². The molecule has 8 nitrogen and oxygen atoms in total. The quantitative estimate of drug-likeness (QED) is 0.254. The number of hydrogen-bond acceptors (Lipinski definition) is 5. The second-order valence-electron chi connectivity index (χ2n) is 5.66. The Morgan fingerprint density at radius 1 is 1.38 bits per heavy atom. The van der Waals surface area contributed by atoms with Gasteiger partial charge >= 0.3 is 0 Å². The average Bonchev–Trinajstić information content (AvgIpc) is 3.27. The van der Waals surface area contributed by atoms with E-state index in [1.165, 1.54) is 4.31 Å². The van der Waals surface area contributed by atoms with Crippen molar-refractivity contribution in [2.75, 3.05) is 26.2 Å². The molecular weight excluding hydrogens is 294 g/mol. The number of oxime groups is 1. The first-order valence-electron chi connectivity index (χ1n) is 7.46. The fraction of sp³-hybridized carbons (Fsp3) is 0.917. The maximum absolute atomic E-state index is 12.1. The van der Waals surface area contributed by atoms with Crippen molar-refractivity contribution in [1.82, 2.24) is 13.9 Å². The van der Waals surface area contributed by atoms with Gasteiger partial charge in [-0.25, -0.2) is 0 Å². The largest absolute Gasteiger partial charge is 0.409 e. The molecule has 122 valence electrons. The minimum atomic E-state index is -3.36. The van der Waals surface area contributed by atoms with E-state index in [0.717, 1.165) is 25.7 Å². The summed E-state index contributed by atoms with van der Waals surface area (Å²) in [5.74, 6) is 0.198. The van der Waals surface area contributed by atoms with Crippen LogP contribution in [0.2, 0.25) is 0 Å². The summed E-state index contributed by atoms with van der Waals surface area (Å²) in [5.41, 5.74) is 5.74. The minimum absolute atomic E-state index is 0.123. The van der Waals surface area contributed by atoms with E-state index < -0.39 is 10.2 Å². The fourth-order valence-corrected chi connectivity index (χ4v) is 4.05. The van der Waals surface area contributed by atoms with Crippen LogP contribution >= 0.6 is 0 Å². The predicted octanol–water partition coefficient (Wildman–Crippen LogP) is -0.484. The number of piperazine rings is 1. The van der Waals surface area contributed by atoms with Crippen molar-refractivity contribution >= 4 is 16.0 Å². The van der Waals surface area contributed by atoms with Gasteiger partial charge in [-0.1, -0.05) is 18.5 Å². The molecule has 0 aromatic rings. The first-order chi connectivity index (χ1) is 9.97. The van der Waals surface area contributed by atoms with E-state index in [0.29, 0.717) is 26.2 Å². The summed E-state index contributed by atoms with van der Waals surface area (Å²) >= 11 is 0. The SMILES string of the molecule is CCCC(C(N)=NO)N1CCN(S(=O)(=O)NC2CC2)CC1. The molecule has 0 radical (unpaired) electrons. The Hall–Kier alpha value is -0.900. The van der Waals surface area contributed by atoms with Crippen LogP contribution in [0, 0.1) is 0 Å². The highest BCUT2D eigenvalue weighted by molar-refractivity contribution is 7.87. The lowest BCUT2D eigenvalue weighted by Gasteiger charge is -2.38. The highest BCUT2D eigenvalue weighted by Crippen LogP contribution is 2.21. The average molecular weight is 319 g/mol. The molecule has 1 heterocycles. The highest BCUT2D eigenvalue weighted by Gasteiger charge is 2.34. The van der Waals surface area contributed by atoms with Gasteiger partial charge in [0.2, 0.25) is 0 Å². The summed E-state index contributed by atoms with van der Waals surface area (Å²) in [7, 11) is -3.36.